The van der Waals surface area contributed by atoms with E-state index in [4.69, 9.17) is 5.41 Å². The molecular weight excluding hydrogens is 124 g/mol. The lowest BCUT2D eigenvalue weighted by Gasteiger charge is -2.28. The maximum absolute atomic E-state index is 7.63. The maximum atomic E-state index is 7.63. The van der Waals surface area contributed by atoms with E-state index in [1.54, 1.807) is 0 Å². The first kappa shape index (κ1) is 7.73. The van der Waals surface area contributed by atoms with Gasteiger partial charge >= 0.3 is 0 Å². The molecule has 1 rings (SSSR count). The summed E-state index contributed by atoms with van der Waals surface area (Å²) in [7, 11) is 4.12. The largest absolute Gasteiger partial charge is 0.308 e. The minimum absolute atomic E-state index is 0.439. The highest BCUT2D eigenvalue weighted by atomic mass is 15.1. The van der Waals surface area contributed by atoms with Crippen LogP contribution in [0.5, 0.6) is 0 Å². The Morgan fingerprint density at radius 2 is 2.10 bits per heavy atom. The van der Waals surface area contributed by atoms with Gasteiger partial charge < -0.3 is 10.3 Å². The van der Waals surface area contributed by atoms with E-state index in [2.05, 4.69) is 19.0 Å². The summed E-state index contributed by atoms with van der Waals surface area (Å²) in [4.78, 5) is 2.15. The van der Waals surface area contributed by atoms with E-state index in [0.29, 0.717) is 6.04 Å². The van der Waals surface area contributed by atoms with Gasteiger partial charge in [0.15, 0.2) is 0 Å². The second kappa shape index (κ2) is 3.15. The van der Waals surface area contributed by atoms with Crippen LogP contribution in [0.2, 0.25) is 0 Å². The van der Waals surface area contributed by atoms with Crippen molar-refractivity contribution in [2.75, 3.05) is 14.1 Å². The van der Waals surface area contributed by atoms with Crippen molar-refractivity contribution in [3.05, 3.63) is 0 Å². The summed E-state index contributed by atoms with van der Waals surface area (Å²) in [6, 6.07) is 0.439. The molecule has 10 heavy (non-hydrogen) atoms. The molecule has 0 saturated heterocycles. The average molecular weight is 140 g/mol. The summed E-state index contributed by atoms with van der Waals surface area (Å²) in [6.45, 7) is 0. The SMILES string of the molecule is CN(C)C1CCCCC1=N. The van der Waals surface area contributed by atoms with E-state index >= 15 is 0 Å². The van der Waals surface area contributed by atoms with Crippen molar-refractivity contribution in [3.8, 4) is 0 Å². The molecule has 1 atom stereocenters. The van der Waals surface area contributed by atoms with Crippen LogP contribution in [-0.2, 0) is 0 Å². The van der Waals surface area contributed by atoms with Gasteiger partial charge in [-0.05, 0) is 33.4 Å². The number of rotatable bonds is 1. The van der Waals surface area contributed by atoms with Crippen LogP contribution in [0.15, 0.2) is 0 Å². The lowest BCUT2D eigenvalue weighted by molar-refractivity contribution is 0.322. The predicted octanol–water partition coefficient (Wildman–Crippen LogP) is 1.51. The van der Waals surface area contributed by atoms with Crippen LogP contribution in [0.25, 0.3) is 0 Å². The molecule has 1 aliphatic carbocycles. The Morgan fingerprint density at radius 1 is 1.40 bits per heavy atom. The van der Waals surface area contributed by atoms with Gasteiger partial charge in [0, 0.05) is 11.8 Å². The summed E-state index contributed by atoms with van der Waals surface area (Å²) in [5, 5.41) is 7.63. The van der Waals surface area contributed by atoms with Crippen LogP contribution in [-0.4, -0.2) is 30.7 Å². The third kappa shape index (κ3) is 1.57. The van der Waals surface area contributed by atoms with Gasteiger partial charge in [0.25, 0.3) is 0 Å². The van der Waals surface area contributed by atoms with E-state index in [0.717, 1.165) is 12.1 Å². The highest BCUT2D eigenvalue weighted by Crippen LogP contribution is 2.17. The van der Waals surface area contributed by atoms with Crippen molar-refractivity contribution in [2.24, 2.45) is 0 Å². The second-order valence-corrected chi connectivity index (χ2v) is 3.25. The van der Waals surface area contributed by atoms with E-state index < -0.39 is 0 Å². The first-order valence-corrected chi connectivity index (χ1v) is 3.95. The van der Waals surface area contributed by atoms with E-state index in [1.165, 1.54) is 19.3 Å². The van der Waals surface area contributed by atoms with Gasteiger partial charge in [0.2, 0.25) is 0 Å². The molecule has 0 aromatic heterocycles. The number of nitrogens with one attached hydrogen (secondary N) is 1. The Labute approximate surface area is 62.7 Å². The van der Waals surface area contributed by atoms with Crippen LogP contribution >= 0.6 is 0 Å². The van der Waals surface area contributed by atoms with Crippen molar-refractivity contribution in [3.63, 3.8) is 0 Å². The van der Waals surface area contributed by atoms with Crippen molar-refractivity contribution in [1.29, 1.82) is 5.41 Å². The molecule has 0 bridgehead atoms. The first-order chi connectivity index (χ1) is 4.72. The normalized spacial score (nSPS) is 27.5. The van der Waals surface area contributed by atoms with Gasteiger partial charge in [-0.3, -0.25) is 0 Å². The summed E-state index contributed by atoms with van der Waals surface area (Å²) < 4.78 is 0. The zero-order chi connectivity index (χ0) is 7.56. The molecule has 1 N–H and O–H groups in total. The Morgan fingerprint density at radius 3 is 2.50 bits per heavy atom. The van der Waals surface area contributed by atoms with Crippen LogP contribution in [0.1, 0.15) is 25.7 Å². The topological polar surface area (TPSA) is 27.1 Å². The van der Waals surface area contributed by atoms with E-state index in [-0.39, 0.29) is 0 Å². The minimum atomic E-state index is 0.439. The third-order valence-corrected chi connectivity index (χ3v) is 2.20. The summed E-state index contributed by atoms with van der Waals surface area (Å²) in [5.74, 6) is 0. The molecule has 58 valence electrons. The van der Waals surface area contributed by atoms with Gasteiger partial charge in [0.05, 0.1) is 0 Å². The van der Waals surface area contributed by atoms with Gasteiger partial charge in [-0.25, -0.2) is 0 Å². The molecule has 0 aliphatic heterocycles. The number of hydrogen-bond donors (Lipinski definition) is 1. The highest BCUT2D eigenvalue weighted by molar-refractivity contribution is 5.87. The van der Waals surface area contributed by atoms with Crippen molar-refractivity contribution >= 4 is 5.71 Å². The fraction of sp³-hybridized carbons (Fsp3) is 0.875. The molecule has 1 fully saturated rings. The Bertz CT molecular complexity index is 129. The molecule has 0 radical (unpaired) electrons. The maximum Gasteiger partial charge on any atom is 0.0468 e. The van der Waals surface area contributed by atoms with E-state index in [9.17, 15) is 0 Å². The van der Waals surface area contributed by atoms with Crippen molar-refractivity contribution in [2.45, 2.75) is 31.7 Å². The van der Waals surface area contributed by atoms with Crippen LogP contribution in [0, 0.1) is 5.41 Å². The Balaban J connectivity index is 2.48. The molecule has 0 heterocycles. The standard InChI is InChI=1S/C8H16N2/c1-10(2)8-6-4-3-5-7(8)9/h8-9H,3-6H2,1-2H3. The third-order valence-electron chi connectivity index (χ3n) is 2.20. The lowest BCUT2D eigenvalue weighted by atomic mass is 9.93. The zero-order valence-electron chi connectivity index (χ0n) is 6.85. The minimum Gasteiger partial charge on any atom is -0.308 e. The van der Waals surface area contributed by atoms with Crippen LogP contribution < -0.4 is 0 Å². The quantitative estimate of drug-likeness (QED) is 0.587. The smallest absolute Gasteiger partial charge is 0.0468 e. The predicted molar refractivity (Wildman–Crippen MR) is 43.7 cm³/mol. The Kier molecular flexibility index (Phi) is 2.44. The highest BCUT2D eigenvalue weighted by Gasteiger charge is 2.19. The van der Waals surface area contributed by atoms with Crippen molar-refractivity contribution < 1.29 is 0 Å². The molecule has 2 heteroatoms. The van der Waals surface area contributed by atoms with Gasteiger partial charge in [-0.1, -0.05) is 6.42 Å². The van der Waals surface area contributed by atoms with Gasteiger partial charge in [-0.2, -0.15) is 0 Å². The molecule has 0 aromatic carbocycles. The first-order valence-electron chi connectivity index (χ1n) is 3.95. The average Bonchev–Trinajstić information content (AvgIpc) is 1.88. The molecular formula is C8H16N2. The van der Waals surface area contributed by atoms with Crippen LogP contribution in [0.4, 0.5) is 0 Å². The summed E-state index contributed by atoms with van der Waals surface area (Å²) in [6.07, 6.45) is 4.73. The fourth-order valence-electron chi connectivity index (χ4n) is 1.56. The van der Waals surface area contributed by atoms with E-state index in [1.807, 2.05) is 0 Å². The zero-order valence-corrected chi connectivity index (χ0v) is 6.85. The monoisotopic (exact) mass is 140 g/mol. The van der Waals surface area contributed by atoms with Gasteiger partial charge in [-0.15, -0.1) is 0 Å². The van der Waals surface area contributed by atoms with Crippen molar-refractivity contribution in [1.82, 2.24) is 4.90 Å². The molecule has 1 unspecified atom stereocenters. The fourth-order valence-corrected chi connectivity index (χ4v) is 1.56. The summed E-state index contributed by atoms with van der Waals surface area (Å²) in [5.41, 5.74) is 0.927. The van der Waals surface area contributed by atoms with Gasteiger partial charge in [0.1, 0.15) is 0 Å². The number of nitrogens with zero attached hydrogens (tertiary/aromatic N) is 1. The lowest BCUT2D eigenvalue weighted by Crippen LogP contribution is -2.37. The summed E-state index contributed by atoms with van der Waals surface area (Å²) >= 11 is 0. The second-order valence-electron chi connectivity index (χ2n) is 3.25. The molecule has 0 aromatic rings. The molecule has 0 spiro atoms. The number of hydrogen-bond acceptors (Lipinski definition) is 2. The molecule has 1 saturated carbocycles. The molecule has 2 nitrogen and oxygen atoms in total. The Hall–Kier alpha value is -0.370. The van der Waals surface area contributed by atoms with Crippen LogP contribution in [0.3, 0.4) is 0 Å². The molecule has 1 aliphatic rings. The molecule has 0 amide bonds.